The van der Waals surface area contributed by atoms with Crippen LogP contribution in [0, 0.1) is 0 Å². The number of rotatable bonds is 14. The fraction of sp³-hybridized carbons (Fsp3) is 0.722. The molecule has 11 nitrogen and oxygen atoms in total. The van der Waals surface area contributed by atoms with Gasteiger partial charge in [0.25, 0.3) is 0 Å². The number of aliphatic carboxylic acids is 2. The molecule has 0 aromatic carbocycles. The summed E-state index contributed by atoms with van der Waals surface area (Å²) in [5.74, 6) is -3.75. The topological polar surface area (TPSA) is 174 Å². The molecule has 6 N–H and O–H groups in total. The first-order valence-electron chi connectivity index (χ1n) is 9.88. The number of carbonyl (C=O) groups excluding carboxylic acids is 3. The Labute approximate surface area is 190 Å². The number of carboxylic acids is 2. The number of hydrogen-bond acceptors (Lipinski definition) is 8. The van der Waals surface area contributed by atoms with Crippen molar-refractivity contribution in [1.82, 2.24) is 21.3 Å². The molecule has 0 bridgehead atoms. The van der Waals surface area contributed by atoms with Crippen molar-refractivity contribution in [3.63, 3.8) is 0 Å². The minimum Gasteiger partial charge on any atom is -0.481 e. The lowest BCUT2D eigenvalue weighted by atomic mass is 10.1. The summed E-state index contributed by atoms with van der Waals surface area (Å²) in [6, 6.07) is -3.79. The summed E-state index contributed by atoms with van der Waals surface area (Å²) in [6.45, 7) is 0.730. The van der Waals surface area contributed by atoms with Crippen LogP contribution in [0.3, 0.4) is 0 Å². The molecule has 1 fully saturated rings. The monoisotopic (exact) mass is 478 g/mol. The first kappa shape index (κ1) is 27.0. The zero-order valence-electron chi connectivity index (χ0n) is 17.3. The summed E-state index contributed by atoms with van der Waals surface area (Å²) in [5.41, 5.74) is 0. The van der Waals surface area contributed by atoms with Crippen LogP contribution in [0.5, 0.6) is 0 Å². The van der Waals surface area contributed by atoms with Crippen LogP contribution in [0.15, 0.2) is 0 Å². The molecular formula is C18H30N4O7S2. The Balaban J connectivity index is 2.75. The standard InChI is InChI=1S/C18H30N4O7S2/c1-31-8-6-11(20-15(25)10-3-2-7-19-10)16(26)22-13(9-30)17(27)21-12(18(28)29)4-5-14(23)24/h10-13,19,30H,2-9H2,1H3,(H,20,25)(H,21,27)(H,22,26)(H,23,24)(H,28,29). The molecule has 0 saturated carbocycles. The van der Waals surface area contributed by atoms with Gasteiger partial charge in [0.15, 0.2) is 0 Å². The van der Waals surface area contributed by atoms with E-state index in [9.17, 15) is 29.1 Å². The van der Waals surface area contributed by atoms with Crippen molar-refractivity contribution >= 4 is 54.1 Å². The van der Waals surface area contributed by atoms with E-state index in [4.69, 9.17) is 5.11 Å². The molecule has 4 unspecified atom stereocenters. The first-order chi connectivity index (χ1) is 14.7. The Morgan fingerprint density at radius 2 is 1.68 bits per heavy atom. The summed E-state index contributed by atoms with van der Waals surface area (Å²) in [6.07, 6.45) is 3.02. The number of hydrogen-bond donors (Lipinski definition) is 7. The minimum absolute atomic E-state index is 0.115. The van der Waals surface area contributed by atoms with E-state index in [0.717, 1.165) is 13.0 Å². The molecule has 0 aliphatic carbocycles. The molecule has 0 spiro atoms. The van der Waals surface area contributed by atoms with Crippen LogP contribution >= 0.6 is 24.4 Å². The third kappa shape index (κ3) is 9.78. The molecule has 0 radical (unpaired) electrons. The molecule has 4 atom stereocenters. The van der Waals surface area contributed by atoms with Gasteiger partial charge in [-0.2, -0.15) is 24.4 Å². The average Bonchev–Trinajstić information content (AvgIpc) is 3.26. The van der Waals surface area contributed by atoms with Crippen molar-refractivity contribution in [3.05, 3.63) is 0 Å². The predicted octanol–water partition coefficient (Wildman–Crippen LogP) is -1.17. The fourth-order valence-electron chi connectivity index (χ4n) is 2.95. The van der Waals surface area contributed by atoms with E-state index in [-0.39, 0.29) is 24.1 Å². The van der Waals surface area contributed by atoms with Crippen molar-refractivity contribution in [2.45, 2.75) is 56.3 Å². The highest BCUT2D eigenvalue weighted by molar-refractivity contribution is 7.98. The van der Waals surface area contributed by atoms with Gasteiger partial charge in [-0.3, -0.25) is 19.2 Å². The van der Waals surface area contributed by atoms with Crippen LogP contribution in [0.4, 0.5) is 0 Å². The lowest BCUT2D eigenvalue weighted by molar-refractivity contribution is -0.143. The summed E-state index contributed by atoms with van der Waals surface area (Å²) >= 11 is 5.55. The van der Waals surface area contributed by atoms with Crippen molar-refractivity contribution < 1.29 is 34.2 Å². The van der Waals surface area contributed by atoms with Gasteiger partial charge in [0.2, 0.25) is 17.7 Å². The van der Waals surface area contributed by atoms with Crippen LogP contribution < -0.4 is 21.3 Å². The third-order valence-corrected chi connectivity index (χ3v) is 5.71. The zero-order chi connectivity index (χ0) is 23.4. The summed E-state index contributed by atoms with van der Waals surface area (Å²) in [4.78, 5) is 59.5. The number of carboxylic acid groups (broad SMARTS) is 2. The summed E-state index contributed by atoms with van der Waals surface area (Å²) in [5, 5.41) is 28.4. The maximum absolute atomic E-state index is 12.7. The average molecular weight is 479 g/mol. The van der Waals surface area contributed by atoms with Gasteiger partial charge in [-0.05, 0) is 44.2 Å². The van der Waals surface area contributed by atoms with Crippen molar-refractivity contribution in [2.75, 3.05) is 24.3 Å². The second kappa shape index (κ2) is 14.1. The first-order valence-corrected chi connectivity index (χ1v) is 11.9. The van der Waals surface area contributed by atoms with E-state index in [2.05, 4.69) is 33.9 Å². The minimum atomic E-state index is -1.41. The van der Waals surface area contributed by atoms with E-state index in [1.807, 2.05) is 6.26 Å². The maximum Gasteiger partial charge on any atom is 0.326 e. The van der Waals surface area contributed by atoms with Crippen molar-refractivity contribution in [3.8, 4) is 0 Å². The van der Waals surface area contributed by atoms with Gasteiger partial charge < -0.3 is 31.5 Å². The Hall–Kier alpha value is -1.99. The second-order valence-electron chi connectivity index (χ2n) is 7.07. The van der Waals surface area contributed by atoms with Gasteiger partial charge in [-0.25, -0.2) is 4.79 Å². The number of amides is 3. The zero-order valence-corrected chi connectivity index (χ0v) is 19.0. The lowest BCUT2D eigenvalue weighted by Gasteiger charge is -2.24. The molecule has 31 heavy (non-hydrogen) atoms. The van der Waals surface area contributed by atoms with Gasteiger partial charge in [-0.15, -0.1) is 0 Å². The van der Waals surface area contributed by atoms with E-state index in [1.54, 1.807) is 0 Å². The molecule has 0 aromatic heterocycles. The lowest BCUT2D eigenvalue weighted by Crippen LogP contribution is -2.57. The fourth-order valence-corrected chi connectivity index (χ4v) is 3.68. The quantitative estimate of drug-likeness (QED) is 0.152. The van der Waals surface area contributed by atoms with Gasteiger partial charge in [0.05, 0.1) is 6.04 Å². The Kier molecular flexibility index (Phi) is 12.3. The number of nitrogens with one attached hydrogen (secondary N) is 4. The molecule has 176 valence electrons. The van der Waals surface area contributed by atoms with E-state index in [0.29, 0.717) is 18.6 Å². The molecular weight excluding hydrogens is 448 g/mol. The van der Waals surface area contributed by atoms with E-state index >= 15 is 0 Å². The molecule has 1 heterocycles. The number of carbonyl (C=O) groups is 5. The van der Waals surface area contributed by atoms with Crippen LogP contribution in [-0.4, -0.2) is 88.3 Å². The number of thiol groups is 1. The maximum atomic E-state index is 12.7. The van der Waals surface area contributed by atoms with Crippen LogP contribution in [-0.2, 0) is 24.0 Å². The summed E-state index contributed by atoms with van der Waals surface area (Å²) < 4.78 is 0. The van der Waals surface area contributed by atoms with E-state index in [1.165, 1.54) is 11.8 Å². The Morgan fingerprint density at radius 3 is 2.19 bits per heavy atom. The highest BCUT2D eigenvalue weighted by Crippen LogP contribution is 2.08. The van der Waals surface area contributed by atoms with Gasteiger partial charge in [-0.1, -0.05) is 0 Å². The normalized spacial score (nSPS) is 18.5. The molecule has 1 saturated heterocycles. The van der Waals surface area contributed by atoms with Gasteiger partial charge in [0.1, 0.15) is 18.1 Å². The Bertz CT molecular complexity index is 659. The third-order valence-electron chi connectivity index (χ3n) is 4.70. The van der Waals surface area contributed by atoms with Crippen molar-refractivity contribution in [1.29, 1.82) is 0 Å². The van der Waals surface area contributed by atoms with Crippen LogP contribution in [0.25, 0.3) is 0 Å². The molecule has 13 heteroatoms. The largest absolute Gasteiger partial charge is 0.481 e. The van der Waals surface area contributed by atoms with Gasteiger partial charge in [0, 0.05) is 12.2 Å². The highest BCUT2D eigenvalue weighted by Gasteiger charge is 2.30. The predicted molar refractivity (Wildman–Crippen MR) is 118 cm³/mol. The van der Waals surface area contributed by atoms with Crippen LogP contribution in [0.1, 0.15) is 32.1 Å². The molecule has 1 aliphatic rings. The summed E-state index contributed by atoms with van der Waals surface area (Å²) in [7, 11) is 0. The SMILES string of the molecule is CSCCC(NC(=O)C1CCCN1)C(=O)NC(CS)C(=O)NC(CCC(=O)O)C(=O)O. The second-order valence-corrected chi connectivity index (χ2v) is 8.42. The molecule has 1 rings (SSSR count). The smallest absolute Gasteiger partial charge is 0.326 e. The van der Waals surface area contributed by atoms with Crippen LogP contribution in [0.2, 0.25) is 0 Å². The van der Waals surface area contributed by atoms with Gasteiger partial charge >= 0.3 is 11.9 Å². The molecule has 1 aliphatic heterocycles. The highest BCUT2D eigenvalue weighted by atomic mass is 32.2. The molecule has 3 amide bonds. The van der Waals surface area contributed by atoms with Crippen molar-refractivity contribution in [2.24, 2.45) is 0 Å². The molecule has 0 aromatic rings. The Morgan fingerprint density at radius 1 is 1.03 bits per heavy atom. The number of thioether (sulfide) groups is 1. The van der Waals surface area contributed by atoms with E-state index < -0.39 is 48.3 Å².